The minimum absolute atomic E-state index is 0.331. The van der Waals surface area contributed by atoms with E-state index in [4.69, 9.17) is 9.51 Å². The van der Waals surface area contributed by atoms with Gasteiger partial charge in [0.05, 0.1) is 29.3 Å². The summed E-state index contributed by atoms with van der Waals surface area (Å²) in [6.07, 6.45) is 2.47. The Morgan fingerprint density at radius 3 is 2.79 bits per heavy atom. The van der Waals surface area contributed by atoms with Crippen LogP contribution in [0, 0.1) is 0 Å². The summed E-state index contributed by atoms with van der Waals surface area (Å²) in [5.41, 5.74) is 3.84. The van der Waals surface area contributed by atoms with E-state index in [9.17, 15) is 0 Å². The largest absolute Gasteiger partial charge is 0.361 e. The van der Waals surface area contributed by atoms with Gasteiger partial charge in [0.2, 0.25) is 0 Å². The molecule has 0 atom stereocenters. The summed E-state index contributed by atoms with van der Waals surface area (Å²) < 4.78 is 8.55. The molecule has 4 rings (SSSR count). The van der Waals surface area contributed by atoms with Crippen molar-refractivity contribution in [2.45, 2.75) is 26.2 Å². The van der Waals surface area contributed by atoms with Crippen molar-refractivity contribution < 1.29 is 4.52 Å². The number of rotatable bonds is 3. The van der Waals surface area contributed by atoms with E-state index in [0.717, 1.165) is 43.7 Å². The zero-order valence-corrected chi connectivity index (χ0v) is 15.3. The maximum atomic E-state index is 5.39. The first-order valence-corrected chi connectivity index (χ1v) is 8.67. The summed E-state index contributed by atoms with van der Waals surface area (Å²) in [6, 6.07) is 8.11. The molecule has 6 heteroatoms. The summed E-state index contributed by atoms with van der Waals surface area (Å²) in [5, 5.41) is 5.26. The van der Waals surface area contributed by atoms with E-state index in [-0.39, 0.29) is 0 Å². The highest BCUT2D eigenvalue weighted by molar-refractivity contribution is 9.10. The van der Waals surface area contributed by atoms with E-state index in [2.05, 4.69) is 50.6 Å². The second-order valence-corrected chi connectivity index (χ2v) is 7.21. The van der Waals surface area contributed by atoms with Gasteiger partial charge in [-0.25, -0.2) is 4.98 Å². The van der Waals surface area contributed by atoms with E-state index in [1.54, 1.807) is 0 Å². The number of benzene rings is 1. The highest BCUT2D eigenvalue weighted by atomic mass is 79.9. The van der Waals surface area contributed by atoms with Gasteiger partial charge in [-0.15, -0.1) is 0 Å². The number of halogens is 1. The van der Waals surface area contributed by atoms with Crippen molar-refractivity contribution in [2.75, 3.05) is 0 Å². The number of nitrogens with zero attached hydrogens (tertiary/aromatic N) is 4. The molecule has 0 aliphatic rings. The van der Waals surface area contributed by atoms with Crippen LogP contribution in [-0.4, -0.2) is 19.7 Å². The van der Waals surface area contributed by atoms with E-state index in [0.29, 0.717) is 12.3 Å². The molecular formula is C18H17BrN4O. The molecule has 0 saturated carbocycles. The summed E-state index contributed by atoms with van der Waals surface area (Å²) in [6.45, 7) is 4.18. The number of pyridine rings is 1. The summed E-state index contributed by atoms with van der Waals surface area (Å²) in [5.74, 6) is 2.18. The number of imidazole rings is 1. The predicted octanol–water partition coefficient (Wildman–Crippen LogP) is 4.59. The van der Waals surface area contributed by atoms with Crippen LogP contribution in [-0.2, 0) is 13.5 Å². The first kappa shape index (κ1) is 15.3. The molecule has 0 unspecified atom stereocenters. The molecule has 3 aromatic heterocycles. The second-order valence-electron chi connectivity index (χ2n) is 6.29. The lowest BCUT2D eigenvalue weighted by atomic mass is 10.1. The molecule has 0 spiro atoms. The fraction of sp³-hybridized carbons (Fsp3) is 0.278. The van der Waals surface area contributed by atoms with Crippen LogP contribution in [0.3, 0.4) is 0 Å². The van der Waals surface area contributed by atoms with Gasteiger partial charge in [-0.1, -0.05) is 34.9 Å². The smallest absolute Gasteiger partial charge is 0.139 e. The van der Waals surface area contributed by atoms with E-state index in [1.807, 2.05) is 31.4 Å². The fourth-order valence-corrected chi connectivity index (χ4v) is 3.28. The van der Waals surface area contributed by atoms with Crippen LogP contribution in [0.5, 0.6) is 0 Å². The van der Waals surface area contributed by atoms with Gasteiger partial charge >= 0.3 is 0 Å². The number of aryl methyl sites for hydroxylation is 1. The summed E-state index contributed by atoms with van der Waals surface area (Å²) >= 11 is 3.54. The molecule has 3 heterocycles. The van der Waals surface area contributed by atoms with E-state index < -0.39 is 0 Å². The first-order chi connectivity index (χ1) is 11.5. The minimum atomic E-state index is 0.331. The van der Waals surface area contributed by atoms with Gasteiger partial charge in [0.25, 0.3) is 0 Å². The molecule has 0 bridgehead atoms. The Hall–Kier alpha value is -2.21. The zero-order chi connectivity index (χ0) is 16.8. The van der Waals surface area contributed by atoms with Crippen molar-refractivity contribution in [1.82, 2.24) is 19.7 Å². The predicted molar refractivity (Wildman–Crippen MR) is 97.1 cm³/mol. The molecular weight excluding hydrogens is 368 g/mol. The normalized spacial score (nSPS) is 11.9. The lowest BCUT2D eigenvalue weighted by Crippen LogP contribution is -1.99. The van der Waals surface area contributed by atoms with Gasteiger partial charge in [0.1, 0.15) is 17.1 Å². The van der Waals surface area contributed by atoms with Crippen LogP contribution < -0.4 is 0 Å². The van der Waals surface area contributed by atoms with E-state index in [1.165, 1.54) is 0 Å². The zero-order valence-electron chi connectivity index (χ0n) is 13.7. The first-order valence-electron chi connectivity index (χ1n) is 7.88. The van der Waals surface area contributed by atoms with Gasteiger partial charge < -0.3 is 9.09 Å². The highest BCUT2D eigenvalue weighted by Gasteiger charge is 2.15. The standard InChI is InChI=1S/C18H17BrN4O/c1-10(2)16-7-12(22-24-16)8-17-21-15-9-20-14-5-4-11(19)6-13(14)18(15)23(17)3/h4-7,9-10H,8H2,1-3H3. The van der Waals surface area contributed by atoms with Crippen molar-refractivity contribution in [3.8, 4) is 0 Å². The molecule has 0 amide bonds. The molecule has 0 N–H and O–H groups in total. The lowest BCUT2D eigenvalue weighted by molar-refractivity contribution is 0.366. The molecule has 0 radical (unpaired) electrons. The molecule has 0 fully saturated rings. The Kier molecular flexibility index (Phi) is 3.64. The number of fused-ring (bicyclic) bond motifs is 3. The Labute approximate surface area is 147 Å². The Bertz CT molecular complexity index is 1050. The van der Waals surface area contributed by atoms with Gasteiger partial charge in [-0.3, -0.25) is 4.98 Å². The van der Waals surface area contributed by atoms with Crippen molar-refractivity contribution in [1.29, 1.82) is 0 Å². The maximum absolute atomic E-state index is 5.39. The Morgan fingerprint density at radius 2 is 2.04 bits per heavy atom. The van der Waals surface area contributed by atoms with Crippen molar-refractivity contribution in [3.63, 3.8) is 0 Å². The Morgan fingerprint density at radius 1 is 1.21 bits per heavy atom. The summed E-state index contributed by atoms with van der Waals surface area (Å²) in [4.78, 5) is 9.25. The van der Waals surface area contributed by atoms with Crippen LogP contribution in [0.25, 0.3) is 21.9 Å². The third-order valence-electron chi connectivity index (χ3n) is 4.24. The van der Waals surface area contributed by atoms with Crippen LogP contribution >= 0.6 is 15.9 Å². The Balaban J connectivity index is 1.83. The van der Waals surface area contributed by atoms with Gasteiger partial charge in [0, 0.05) is 28.9 Å². The molecule has 122 valence electrons. The third kappa shape index (κ3) is 2.51. The van der Waals surface area contributed by atoms with Crippen LogP contribution in [0.4, 0.5) is 0 Å². The molecule has 0 aliphatic carbocycles. The average molecular weight is 385 g/mol. The molecule has 1 aromatic carbocycles. The van der Waals surface area contributed by atoms with Crippen LogP contribution in [0.1, 0.15) is 37.0 Å². The molecule has 0 aliphatic heterocycles. The van der Waals surface area contributed by atoms with E-state index >= 15 is 0 Å². The third-order valence-corrected chi connectivity index (χ3v) is 4.73. The summed E-state index contributed by atoms with van der Waals surface area (Å²) in [7, 11) is 2.04. The van der Waals surface area contributed by atoms with Gasteiger partial charge in [0.15, 0.2) is 0 Å². The molecule has 4 aromatic rings. The fourth-order valence-electron chi connectivity index (χ4n) is 2.92. The number of hydrogen-bond acceptors (Lipinski definition) is 4. The van der Waals surface area contributed by atoms with Crippen molar-refractivity contribution in [3.05, 3.63) is 52.2 Å². The van der Waals surface area contributed by atoms with Crippen LogP contribution in [0.15, 0.2) is 39.5 Å². The SMILES string of the molecule is CC(C)c1cc(Cc2nc3cnc4ccc(Br)cc4c3n2C)no1. The van der Waals surface area contributed by atoms with Crippen molar-refractivity contribution in [2.24, 2.45) is 7.05 Å². The molecule has 0 saturated heterocycles. The lowest BCUT2D eigenvalue weighted by Gasteiger charge is -2.03. The second kappa shape index (κ2) is 5.70. The van der Waals surface area contributed by atoms with Gasteiger partial charge in [-0.2, -0.15) is 0 Å². The monoisotopic (exact) mass is 384 g/mol. The molecule has 24 heavy (non-hydrogen) atoms. The van der Waals surface area contributed by atoms with Crippen molar-refractivity contribution >= 4 is 37.9 Å². The molecule has 5 nitrogen and oxygen atoms in total. The van der Waals surface area contributed by atoms with Crippen LogP contribution in [0.2, 0.25) is 0 Å². The quantitative estimate of drug-likeness (QED) is 0.518. The maximum Gasteiger partial charge on any atom is 0.139 e. The highest BCUT2D eigenvalue weighted by Crippen LogP contribution is 2.27. The topological polar surface area (TPSA) is 56.7 Å². The average Bonchev–Trinajstić information content (AvgIpc) is 3.13. The number of hydrogen-bond donors (Lipinski definition) is 0. The minimum Gasteiger partial charge on any atom is -0.361 e. The number of aromatic nitrogens is 4. The van der Waals surface area contributed by atoms with Gasteiger partial charge in [-0.05, 0) is 18.2 Å².